The van der Waals surface area contributed by atoms with Gasteiger partial charge in [-0.15, -0.1) is 0 Å². The molecular weight excluding hydrogens is 350 g/mol. The second kappa shape index (κ2) is 16.6. The van der Waals surface area contributed by atoms with E-state index < -0.39 is 0 Å². The number of rotatable bonds is 18. The van der Waals surface area contributed by atoms with Crippen LogP contribution < -0.4 is 11.1 Å². The normalized spacial score (nSPS) is 12.2. The molecule has 0 saturated heterocycles. The van der Waals surface area contributed by atoms with Gasteiger partial charge in [0.15, 0.2) is 5.69 Å². The molecule has 1 atom stereocenters. The van der Waals surface area contributed by atoms with Crippen molar-refractivity contribution < 1.29 is 9.21 Å². The van der Waals surface area contributed by atoms with E-state index in [0.717, 1.165) is 19.3 Å². The van der Waals surface area contributed by atoms with Gasteiger partial charge in [0.05, 0.1) is 6.04 Å². The summed E-state index contributed by atoms with van der Waals surface area (Å²) in [7, 11) is 0. The Labute approximate surface area is 172 Å². The molecule has 0 aliphatic heterocycles. The van der Waals surface area contributed by atoms with E-state index in [1.807, 2.05) is 0 Å². The third kappa shape index (κ3) is 11.5. The summed E-state index contributed by atoms with van der Waals surface area (Å²) >= 11 is 0. The van der Waals surface area contributed by atoms with Crippen LogP contribution in [0.25, 0.3) is 0 Å². The summed E-state index contributed by atoms with van der Waals surface area (Å²) in [6.45, 7) is 5.02. The lowest BCUT2D eigenvalue weighted by molar-refractivity contribution is 0.0948. The van der Waals surface area contributed by atoms with Crippen molar-refractivity contribution in [2.75, 3.05) is 6.54 Å². The van der Waals surface area contributed by atoms with Gasteiger partial charge in [-0.3, -0.25) is 4.79 Å². The zero-order chi connectivity index (χ0) is 20.5. The average Bonchev–Trinajstić information content (AvgIpc) is 3.19. The highest BCUT2D eigenvalue weighted by Crippen LogP contribution is 2.15. The first-order valence-corrected chi connectivity index (χ1v) is 11.7. The van der Waals surface area contributed by atoms with Crippen LogP contribution in [0.5, 0.6) is 0 Å². The van der Waals surface area contributed by atoms with E-state index in [9.17, 15) is 4.79 Å². The van der Waals surface area contributed by atoms with Gasteiger partial charge in [0.25, 0.3) is 5.91 Å². The van der Waals surface area contributed by atoms with Gasteiger partial charge in [0, 0.05) is 6.54 Å². The first kappa shape index (κ1) is 24.7. The fraction of sp³-hybridized carbons (Fsp3) is 0.826. The molecule has 5 nitrogen and oxygen atoms in total. The molecule has 3 N–H and O–H groups in total. The van der Waals surface area contributed by atoms with Crippen LogP contribution in [0.4, 0.5) is 0 Å². The van der Waals surface area contributed by atoms with Crippen molar-refractivity contribution in [2.24, 2.45) is 5.73 Å². The summed E-state index contributed by atoms with van der Waals surface area (Å²) in [4.78, 5) is 16.3. The molecule has 1 rings (SSSR count). The van der Waals surface area contributed by atoms with Crippen LogP contribution in [0.3, 0.4) is 0 Å². The average molecular weight is 394 g/mol. The molecule has 0 radical (unpaired) electrons. The third-order valence-electron chi connectivity index (χ3n) is 5.24. The summed E-state index contributed by atoms with van der Waals surface area (Å²) in [5.74, 6) is 0.283. The predicted molar refractivity (Wildman–Crippen MR) is 116 cm³/mol. The number of aromatic nitrogens is 1. The highest BCUT2D eigenvalue weighted by atomic mass is 16.3. The van der Waals surface area contributed by atoms with Gasteiger partial charge >= 0.3 is 0 Å². The predicted octanol–water partition coefficient (Wildman–Crippen LogP) is 6.30. The summed E-state index contributed by atoms with van der Waals surface area (Å²) < 4.78 is 5.33. The molecule has 0 aliphatic rings. The summed E-state index contributed by atoms with van der Waals surface area (Å²) in [6.07, 6.45) is 20.4. The van der Waals surface area contributed by atoms with Gasteiger partial charge in [-0.05, 0) is 12.8 Å². The quantitative estimate of drug-likeness (QED) is 0.287. The topological polar surface area (TPSA) is 81.2 Å². The van der Waals surface area contributed by atoms with Crippen LogP contribution >= 0.6 is 0 Å². The Hall–Kier alpha value is -1.36. The second-order valence-corrected chi connectivity index (χ2v) is 7.96. The fourth-order valence-corrected chi connectivity index (χ4v) is 3.43. The number of nitrogens with two attached hydrogens (primary N) is 1. The van der Waals surface area contributed by atoms with E-state index in [2.05, 4.69) is 24.1 Å². The summed E-state index contributed by atoms with van der Waals surface area (Å²) in [5, 5.41) is 2.92. The molecule has 0 aromatic carbocycles. The number of nitrogens with one attached hydrogen (secondary N) is 1. The molecule has 5 heteroatoms. The lowest BCUT2D eigenvalue weighted by atomic mass is 10.0. The van der Waals surface area contributed by atoms with Crippen molar-refractivity contribution in [3.05, 3.63) is 17.8 Å². The molecule has 28 heavy (non-hydrogen) atoms. The van der Waals surface area contributed by atoms with Crippen LogP contribution in [-0.2, 0) is 0 Å². The van der Waals surface area contributed by atoms with Crippen molar-refractivity contribution in [1.29, 1.82) is 0 Å². The van der Waals surface area contributed by atoms with Crippen LogP contribution in [0, 0.1) is 0 Å². The molecule has 1 amide bonds. The minimum Gasteiger partial charge on any atom is -0.446 e. The van der Waals surface area contributed by atoms with Crippen LogP contribution in [0.2, 0.25) is 0 Å². The fourth-order valence-electron chi connectivity index (χ4n) is 3.43. The molecule has 0 bridgehead atoms. The van der Waals surface area contributed by atoms with Crippen LogP contribution in [0.15, 0.2) is 10.7 Å². The number of amides is 1. The lowest BCUT2D eigenvalue weighted by Crippen LogP contribution is -2.25. The first-order valence-electron chi connectivity index (χ1n) is 11.7. The number of hydrogen-bond acceptors (Lipinski definition) is 4. The number of nitrogens with zero attached hydrogens (tertiary/aromatic N) is 1. The number of oxazole rings is 1. The molecule has 0 spiro atoms. The molecule has 1 aromatic heterocycles. The van der Waals surface area contributed by atoms with E-state index in [1.165, 1.54) is 83.3 Å². The van der Waals surface area contributed by atoms with E-state index in [4.69, 9.17) is 10.2 Å². The molecule has 1 aromatic rings. The van der Waals surface area contributed by atoms with Gasteiger partial charge in [-0.2, -0.15) is 0 Å². The molecule has 0 aliphatic carbocycles. The van der Waals surface area contributed by atoms with E-state index >= 15 is 0 Å². The standard InChI is InChI=1S/C23H43N3O2/c1-3-5-6-7-8-9-10-11-12-13-14-15-16-18-25-22(27)21-19-28-23(26-21)20(24)17-4-2/h19-20H,3-18,24H2,1-2H3,(H,25,27). The molecule has 0 saturated carbocycles. The Morgan fingerprint density at radius 1 is 0.929 bits per heavy atom. The minimum atomic E-state index is -0.229. The van der Waals surface area contributed by atoms with Crippen LogP contribution in [-0.4, -0.2) is 17.4 Å². The Balaban J connectivity index is 1.94. The largest absolute Gasteiger partial charge is 0.446 e. The summed E-state index contributed by atoms with van der Waals surface area (Å²) in [5.41, 5.74) is 6.29. The van der Waals surface area contributed by atoms with Gasteiger partial charge in [-0.1, -0.05) is 97.3 Å². The Bertz CT molecular complexity index is 502. The van der Waals surface area contributed by atoms with Crippen molar-refractivity contribution >= 4 is 5.91 Å². The maximum atomic E-state index is 12.1. The number of carbonyl (C=O) groups is 1. The van der Waals surface area contributed by atoms with Crippen molar-refractivity contribution in [3.63, 3.8) is 0 Å². The van der Waals surface area contributed by atoms with Gasteiger partial charge in [-0.25, -0.2) is 4.98 Å². The van der Waals surface area contributed by atoms with Gasteiger partial charge in [0.2, 0.25) is 5.89 Å². The Morgan fingerprint density at radius 2 is 1.46 bits per heavy atom. The number of hydrogen-bond donors (Lipinski definition) is 2. The van der Waals surface area contributed by atoms with Crippen LogP contribution in [0.1, 0.15) is 133 Å². The maximum Gasteiger partial charge on any atom is 0.273 e. The molecule has 162 valence electrons. The SMILES string of the molecule is CCCCCCCCCCCCCCCNC(=O)c1coc(C(N)CCC)n1. The highest BCUT2D eigenvalue weighted by molar-refractivity contribution is 5.91. The van der Waals surface area contributed by atoms with Crippen molar-refractivity contribution in [1.82, 2.24) is 10.3 Å². The zero-order valence-electron chi connectivity index (χ0n) is 18.3. The lowest BCUT2D eigenvalue weighted by Gasteiger charge is -2.05. The zero-order valence-corrected chi connectivity index (χ0v) is 18.3. The van der Waals surface area contributed by atoms with Gasteiger partial charge < -0.3 is 15.5 Å². The molecule has 1 heterocycles. The summed E-state index contributed by atoms with van der Waals surface area (Å²) in [6, 6.07) is -0.229. The second-order valence-electron chi connectivity index (χ2n) is 7.96. The van der Waals surface area contributed by atoms with Crippen molar-refractivity contribution in [3.8, 4) is 0 Å². The van der Waals surface area contributed by atoms with E-state index in [-0.39, 0.29) is 11.9 Å². The molecular formula is C23H43N3O2. The smallest absolute Gasteiger partial charge is 0.273 e. The number of unbranched alkanes of at least 4 members (excludes halogenated alkanes) is 12. The monoisotopic (exact) mass is 393 g/mol. The van der Waals surface area contributed by atoms with Crippen molar-refractivity contribution in [2.45, 2.75) is 116 Å². The Morgan fingerprint density at radius 3 is 2.00 bits per heavy atom. The van der Waals surface area contributed by atoms with E-state index in [1.54, 1.807) is 0 Å². The highest BCUT2D eigenvalue weighted by Gasteiger charge is 2.16. The number of carbonyl (C=O) groups excluding carboxylic acids is 1. The first-order chi connectivity index (χ1) is 13.7. The maximum absolute atomic E-state index is 12.1. The molecule has 0 fully saturated rings. The van der Waals surface area contributed by atoms with E-state index in [0.29, 0.717) is 18.1 Å². The Kier molecular flexibility index (Phi) is 14.6. The third-order valence-corrected chi connectivity index (χ3v) is 5.24. The van der Waals surface area contributed by atoms with Gasteiger partial charge in [0.1, 0.15) is 6.26 Å². The molecule has 1 unspecified atom stereocenters. The minimum absolute atomic E-state index is 0.169.